The predicted molar refractivity (Wildman–Crippen MR) is 74.0 cm³/mol. The molecule has 4 heteroatoms. The van der Waals surface area contributed by atoms with Crippen LogP contribution < -0.4 is 34.4 Å². The average molecular weight is 315 g/mol. The summed E-state index contributed by atoms with van der Waals surface area (Å²) in [5.74, 6) is 0. The van der Waals surface area contributed by atoms with Crippen LogP contribution in [0.25, 0.3) is 0 Å². The van der Waals surface area contributed by atoms with E-state index in [-0.39, 0.29) is 24.8 Å². The standard InChI is InChI=1S/C11H18N.C5H5N.2ClH/c1-4-5-7-12-8-6-10(2)11(3)9-12;1-2-4-6-5-3-1;;/h6,8-9H,4-5,7H2,1-3H3;1-5H;2*1H/q+1;;;/p-1. The molecule has 0 aliphatic carbocycles. The van der Waals surface area contributed by atoms with Crippen molar-refractivity contribution in [3.63, 3.8) is 0 Å². The highest BCUT2D eigenvalue weighted by Crippen LogP contribution is 2.00. The Labute approximate surface area is 135 Å². The SMILES string of the molecule is CCCC[n+]1ccc(C)c(C)c1.[Cl-].[Cl-].c1cc[nH+]cc1. The van der Waals surface area contributed by atoms with Gasteiger partial charge >= 0.3 is 0 Å². The molecule has 0 radical (unpaired) electrons. The first-order chi connectivity index (χ1) is 8.74. The Kier molecular flexibility index (Phi) is 13.7. The second-order valence-corrected chi connectivity index (χ2v) is 4.48. The van der Waals surface area contributed by atoms with Gasteiger partial charge < -0.3 is 24.8 Å². The molecule has 0 spiro atoms. The zero-order chi connectivity index (χ0) is 13.2. The molecule has 0 aliphatic rings. The van der Waals surface area contributed by atoms with Gasteiger partial charge in [-0.1, -0.05) is 19.4 Å². The van der Waals surface area contributed by atoms with Crippen molar-refractivity contribution in [2.24, 2.45) is 0 Å². The van der Waals surface area contributed by atoms with Gasteiger partial charge in [-0.15, -0.1) is 0 Å². The second-order valence-electron chi connectivity index (χ2n) is 4.48. The summed E-state index contributed by atoms with van der Waals surface area (Å²) in [6.45, 7) is 7.69. The summed E-state index contributed by atoms with van der Waals surface area (Å²) in [5, 5.41) is 0. The number of halogens is 2. The number of hydrogen-bond donors (Lipinski definition) is 0. The van der Waals surface area contributed by atoms with Crippen LogP contribution in [0.3, 0.4) is 0 Å². The van der Waals surface area contributed by atoms with Gasteiger partial charge in [0.2, 0.25) is 0 Å². The van der Waals surface area contributed by atoms with Gasteiger partial charge in [0.25, 0.3) is 0 Å². The Morgan fingerprint density at radius 3 is 2.05 bits per heavy atom. The quantitative estimate of drug-likeness (QED) is 0.534. The zero-order valence-electron chi connectivity index (χ0n) is 12.4. The minimum absolute atomic E-state index is 0. The van der Waals surface area contributed by atoms with Crippen LogP contribution in [0.4, 0.5) is 0 Å². The average Bonchev–Trinajstić information content (AvgIpc) is 2.43. The Morgan fingerprint density at radius 1 is 1.00 bits per heavy atom. The van der Waals surface area contributed by atoms with Gasteiger partial charge in [-0.2, -0.15) is 0 Å². The number of H-pyrrole nitrogens is 1. The van der Waals surface area contributed by atoms with E-state index in [1.807, 2.05) is 30.6 Å². The lowest BCUT2D eigenvalue weighted by Crippen LogP contribution is -3.00. The summed E-state index contributed by atoms with van der Waals surface area (Å²) >= 11 is 0. The smallest absolute Gasteiger partial charge is 0.171 e. The molecule has 2 aromatic rings. The first kappa shape index (κ1) is 21.2. The summed E-state index contributed by atoms with van der Waals surface area (Å²) in [4.78, 5) is 2.89. The number of unbranched alkanes of at least 4 members (excludes halogenated alkanes) is 1. The van der Waals surface area contributed by atoms with Gasteiger partial charge in [0.05, 0.1) is 0 Å². The fourth-order valence-electron chi connectivity index (χ4n) is 1.55. The van der Waals surface area contributed by atoms with E-state index in [0.717, 1.165) is 6.54 Å². The van der Waals surface area contributed by atoms with Gasteiger partial charge in [0, 0.05) is 30.2 Å². The molecule has 0 aromatic carbocycles. The number of aromatic nitrogens is 2. The van der Waals surface area contributed by atoms with Gasteiger partial charge in [-0.05, 0) is 19.4 Å². The molecule has 2 rings (SSSR count). The van der Waals surface area contributed by atoms with Crippen molar-refractivity contribution in [1.82, 2.24) is 0 Å². The van der Waals surface area contributed by atoms with Crippen LogP contribution in [0, 0.1) is 13.8 Å². The lowest BCUT2D eigenvalue weighted by molar-refractivity contribution is -0.697. The van der Waals surface area contributed by atoms with Crippen molar-refractivity contribution in [2.45, 2.75) is 40.2 Å². The van der Waals surface area contributed by atoms with Crippen molar-refractivity contribution in [1.29, 1.82) is 0 Å². The van der Waals surface area contributed by atoms with Crippen LogP contribution in [-0.4, -0.2) is 0 Å². The lowest BCUT2D eigenvalue weighted by atomic mass is 10.2. The van der Waals surface area contributed by atoms with Crippen LogP contribution in [-0.2, 0) is 6.54 Å². The van der Waals surface area contributed by atoms with Crippen molar-refractivity contribution in [2.75, 3.05) is 0 Å². The third-order valence-corrected chi connectivity index (χ3v) is 2.87. The molecular weight excluding hydrogens is 291 g/mol. The summed E-state index contributed by atoms with van der Waals surface area (Å²) in [5.41, 5.74) is 2.76. The Hall–Kier alpha value is -1.12. The predicted octanol–water partition coefficient (Wildman–Crippen LogP) is -3.10. The van der Waals surface area contributed by atoms with Crippen LogP contribution in [0.5, 0.6) is 0 Å². The molecular formula is C16H24Cl2N2. The first-order valence-corrected chi connectivity index (χ1v) is 6.61. The maximum absolute atomic E-state index is 2.89. The maximum Gasteiger partial charge on any atom is 0.171 e. The van der Waals surface area contributed by atoms with Crippen LogP contribution in [0.2, 0.25) is 0 Å². The molecule has 0 amide bonds. The molecule has 1 N–H and O–H groups in total. The molecule has 0 atom stereocenters. The Bertz CT molecular complexity index is 421. The van der Waals surface area contributed by atoms with Gasteiger partial charge in [-0.3, -0.25) is 0 Å². The molecule has 0 bridgehead atoms. The topological polar surface area (TPSA) is 18.0 Å². The third kappa shape index (κ3) is 8.89. The van der Waals surface area contributed by atoms with E-state index in [9.17, 15) is 0 Å². The number of pyridine rings is 2. The molecule has 0 unspecified atom stereocenters. The van der Waals surface area contributed by atoms with E-state index in [2.05, 4.69) is 48.8 Å². The largest absolute Gasteiger partial charge is 1.00 e. The Morgan fingerprint density at radius 2 is 1.65 bits per heavy atom. The molecule has 2 aromatic heterocycles. The third-order valence-electron chi connectivity index (χ3n) is 2.87. The highest BCUT2D eigenvalue weighted by Gasteiger charge is 2.01. The van der Waals surface area contributed by atoms with Crippen molar-refractivity contribution < 1.29 is 34.4 Å². The van der Waals surface area contributed by atoms with E-state index in [4.69, 9.17) is 0 Å². The number of nitrogens with zero attached hydrogens (tertiary/aromatic N) is 1. The number of nitrogens with one attached hydrogen (secondary N) is 1. The van der Waals surface area contributed by atoms with Gasteiger partial charge in [0.15, 0.2) is 24.8 Å². The first-order valence-electron chi connectivity index (χ1n) is 6.61. The van der Waals surface area contributed by atoms with Crippen LogP contribution in [0.15, 0.2) is 49.1 Å². The molecule has 0 saturated heterocycles. The fraction of sp³-hybridized carbons (Fsp3) is 0.375. The van der Waals surface area contributed by atoms with Crippen molar-refractivity contribution in [3.8, 4) is 0 Å². The van der Waals surface area contributed by atoms with Gasteiger partial charge in [0.1, 0.15) is 6.54 Å². The minimum Gasteiger partial charge on any atom is -1.00 e. The molecule has 0 fully saturated rings. The lowest BCUT2D eigenvalue weighted by Gasteiger charge is -1.98. The monoisotopic (exact) mass is 314 g/mol. The highest BCUT2D eigenvalue weighted by molar-refractivity contribution is 5.16. The molecule has 112 valence electrons. The van der Waals surface area contributed by atoms with E-state index in [0.29, 0.717) is 0 Å². The summed E-state index contributed by atoms with van der Waals surface area (Å²) in [6, 6.07) is 8.04. The molecule has 2 nitrogen and oxygen atoms in total. The summed E-state index contributed by atoms with van der Waals surface area (Å²) in [7, 11) is 0. The fourth-order valence-corrected chi connectivity index (χ4v) is 1.55. The number of hydrogen-bond acceptors (Lipinski definition) is 0. The molecule has 0 aliphatic heterocycles. The summed E-state index contributed by atoms with van der Waals surface area (Å²) in [6.07, 6.45) is 10.7. The van der Waals surface area contributed by atoms with E-state index in [1.165, 1.54) is 24.0 Å². The second kappa shape index (κ2) is 12.9. The molecule has 20 heavy (non-hydrogen) atoms. The Balaban J connectivity index is 0. The van der Waals surface area contributed by atoms with E-state index in [1.54, 1.807) is 0 Å². The van der Waals surface area contributed by atoms with Crippen molar-refractivity contribution in [3.05, 3.63) is 60.2 Å². The molecule has 2 heterocycles. The zero-order valence-corrected chi connectivity index (χ0v) is 14.0. The summed E-state index contributed by atoms with van der Waals surface area (Å²) < 4.78 is 2.27. The van der Waals surface area contributed by atoms with Crippen molar-refractivity contribution >= 4 is 0 Å². The van der Waals surface area contributed by atoms with Crippen LogP contribution >= 0.6 is 0 Å². The number of rotatable bonds is 3. The van der Waals surface area contributed by atoms with Crippen LogP contribution in [0.1, 0.15) is 30.9 Å². The number of aromatic amines is 1. The van der Waals surface area contributed by atoms with E-state index < -0.39 is 0 Å². The number of aryl methyl sites for hydroxylation is 3. The van der Waals surface area contributed by atoms with Gasteiger partial charge in [-0.25, -0.2) is 9.55 Å². The van der Waals surface area contributed by atoms with E-state index >= 15 is 0 Å². The highest BCUT2D eigenvalue weighted by atomic mass is 35.5. The normalized spacial score (nSPS) is 8.55. The maximum atomic E-state index is 2.89. The molecule has 0 saturated carbocycles. The minimum atomic E-state index is 0.